The van der Waals surface area contributed by atoms with E-state index >= 15 is 0 Å². The molecule has 0 atom stereocenters. The Morgan fingerprint density at radius 1 is 0.917 bits per heavy atom. The van der Waals surface area contributed by atoms with Crippen LogP contribution in [0.25, 0.3) is 0 Å². The van der Waals surface area contributed by atoms with Crippen LogP contribution >= 0.6 is 15.9 Å². The molecule has 0 bridgehead atoms. The quantitative estimate of drug-likeness (QED) is 0.438. The second-order valence-corrected chi connectivity index (χ2v) is 3.80. The first-order chi connectivity index (χ1) is 5.91. The molecule has 12 heavy (non-hydrogen) atoms. The third kappa shape index (κ3) is 10.4. The lowest BCUT2D eigenvalue weighted by atomic mass is 10.1. The molecule has 0 heterocycles. The highest BCUT2D eigenvalue weighted by Crippen LogP contribution is 2.06. The molecule has 0 aromatic rings. The molecule has 0 saturated heterocycles. The van der Waals surface area contributed by atoms with Crippen molar-refractivity contribution in [1.29, 1.82) is 0 Å². The number of rotatable bonds is 9. The van der Waals surface area contributed by atoms with Gasteiger partial charge in [-0.2, -0.15) is 0 Å². The Morgan fingerprint density at radius 2 is 1.50 bits per heavy atom. The Morgan fingerprint density at radius 3 is 2.08 bits per heavy atom. The molecular formula is C10H21BrO. The molecule has 0 spiro atoms. The minimum Gasteiger partial charge on any atom is -0.382 e. The van der Waals surface area contributed by atoms with Gasteiger partial charge in [-0.05, 0) is 19.8 Å². The van der Waals surface area contributed by atoms with Crippen molar-refractivity contribution in [2.24, 2.45) is 0 Å². The molecule has 0 aliphatic rings. The van der Waals surface area contributed by atoms with Crippen LogP contribution in [-0.2, 0) is 4.74 Å². The predicted octanol–water partition coefficient (Wildman–Crippen LogP) is 3.76. The lowest BCUT2D eigenvalue weighted by Crippen LogP contribution is -1.92. The first-order valence-electron chi connectivity index (χ1n) is 5.05. The van der Waals surface area contributed by atoms with Crippen LogP contribution in [0.5, 0.6) is 0 Å². The summed E-state index contributed by atoms with van der Waals surface area (Å²) in [6, 6.07) is 0. The third-order valence-corrected chi connectivity index (χ3v) is 2.44. The van der Waals surface area contributed by atoms with Gasteiger partial charge in [0.05, 0.1) is 0 Å². The van der Waals surface area contributed by atoms with Crippen LogP contribution < -0.4 is 0 Å². The fraction of sp³-hybridized carbons (Fsp3) is 1.00. The fourth-order valence-corrected chi connectivity index (χ4v) is 1.55. The van der Waals surface area contributed by atoms with Gasteiger partial charge in [-0.1, -0.05) is 41.6 Å². The molecule has 0 aromatic carbocycles. The van der Waals surface area contributed by atoms with E-state index in [2.05, 4.69) is 22.9 Å². The molecule has 0 amide bonds. The van der Waals surface area contributed by atoms with E-state index in [1.54, 1.807) is 0 Å². The molecule has 0 rings (SSSR count). The zero-order valence-electron chi connectivity index (χ0n) is 8.15. The van der Waals surface area contributed by atoms with Crippen LogP contribution in [0.3, 0.4) is 0 Å². The van der Waals surface area contributed by atoms with Gasteiger partial charge in [-0.25, -0.2) is 0 Å². The van der Waals surface area contributed by atoms with Crippen molar-refractivity contribution in [3.63, 3.8) is 0 Å². The average Bonchev–Trinajstić information content (AvgIpc) is 2.10. The Bertz CT molecular complexity index is 66.2. The zero-order chi connectivity index (χ0) is 9.07. The summed E-state index contributed by atoms with van der Waals surface area (Å²) in [5.41, 5.74) is 0. The maximum atomic E-state index is 5.25. The van der Waals surface area contributed by atoms with Crippen molar-refractivity contribution < 1.29 is 4.74 Å². The van der Waals surface area contributed by atoms with Gasteiger partial charge < -0.3 is 4.74 Å². The summed E-state index contributed by atoms with van der Waals surface area (Å²) in [6.07, 6.45) is 8.04. The van der Waals surface area contributed by atoms with Gasteiger partial charge in [0.15, 0.2) is 0 Å². The van der Waals surface area contributed by atoms with Crippen molar-refractivity contribution in [1.82, 2.24) is 0 Å². The van der Waals surface area contributed by atoms with Gasteiger partial charge >= 0.3 is 0 Å². The smallest absolute Gasteiger partial charge is 0.0465 e. The van der Waals surface area contributed by atoms with Gasteiger partial charge in [-0.15, -0.1) is 0 Å². The second-order valence-electron chi connectivity index (χ2n) is 3.01. The van der Waals surface area contributed by atoms with E-state index in [-0.39, 0.29) is 0 Å². The van der Waals surface area contributed by atoms with Crippen molar-refractivity contribution in [2.45, 2.75) is 45.4 Å². The molecule has 0 N–H and O–H groups in total. The number of alkyl halides is 1. The Balaban J connectivity index is 2.73. The largest absolute Gasteiger partial charge is 0.382 e. The Kier molecular flexibility index (Phi) is 11.9. The third-order valence-electron chi connectivity index (χ3n) is 1.88. The summed E-state index contributed by atoms with van der Waals surface area (Å²) in [7, 11) is 0. The van der Waals surface area contributed by atoms with Crippen LogP contribution in [0.4, 0.5) is 0 Å². The van der Waals surface area contributed by atoms with Crippen LogP contribution in [-0.4, -0.2) is 18.5 Å². The van der Waals surface area contributed by atoms with Crippen LogP contribution in [0.2, 0.25) is 0 Å². The molecule has 1 nitrogen and oxygen atoms in total. The van der Waals surface area contributed by atoms with Crippen molar-refractivity contribution >= 4 is 15.9 Å². The lowest BCUT2D eigenvalue weighted by Gasteiger charge is -2.00. The normalized spacial score (nSPS) is 10.5. The summed E-state index contributed by atoms with van der Waals surface area (Å²) in [4.78, 5) is 0. The topological polar surface area (TPSA) is 9.23 Å². The molecular weight excluding hydrogens is 216 g/mol. The molecule has 0 radical (unpaired) electrons. The minimum absolute atomic E-state index is 0.865. The van der Waals surface area contributed by atoms with Gasteiger partial charge in [-0.3, -0.25) is 0 Å². The first-order valence-corrected chi connectivity index (χ1v) is 6.17. The number of halogens is 1. The van der Waals surface area contributed by atoms with E-state index in [9.17, 15) is 0 Å². The molecule has 0 fully saturated rings. The number of unbranched alkanes of at least 4 members (excludes halogenated alkanes) is 5. The summed E-state index contributed by atoms with van der Waals surface area (Å²) in [5, 5.41) is 1.16. The van der Waals surface area contributed by atoms with Gasteiger partial charge in [0.2, 0.25) is 0 Å². The second kappa shape index (κ2) is 11.4. The van der Waals surface area contributed by atoms with Gasteiger partial charge in [0, 0.05) is 18.5 Å². The van der Waals surface area contributed by atoms with E-state index in [4.69, 9.17) is 4.74 Å². The molecule has 0 aliphatic heterocycles. The van der Waals surface area contributed by atoms with E-state index < -0.39 is 0 Å². The van der Waals surface area contributed by atoms with E-state index in [1.165, 1.54) is 38.5 Å². The summed E-state index contributed by atoms with van der Waals surface area (Å²) < 4.78 is 5.25. The SMILES string of the molecule is CCOCCCCCCCCBr. The standard InChI is InChI=1S/C10H21BrO/c1-2-12-10-8-6-4-3-5-7-9-11/h2-10H2,1H3. The molecule has 2 heteroatoms. The first kappa shape index (κ1) is 12.4. The summed E-state index contributed by atoms with van der Waals surface area (Å²) >= 11 is 3.43. The molecule has 74 valence electrons. The van der Waals surface area contributed by atoms with Crippen molar-refractivity contribution in [3.05, 3.63) is 0 Å². The summed E-state index contributed by atoms with van der Waals surface area (Å²) in [6.45, 7) is 3.87. The maximum Gasteiger partial charge on any atom is 0.0465 e. The lowest BCUT2D eigenvalue weighted by molar-refractivity contribution is 0.143. The van der Waals surface area contributed by atoms with Crippen LogP contribution in [0.15, 0.2) is 0 Å². The van der Waals surface area contributed by atoms with E-state index in [1.807, 2.05) is 0 Å². The fourth-order valence-electron chi connectivity index (χ4n) is 1.15. The number of hydrogen-bond acceptors (Lipinski definition) is 1. The predicted molar refractivity (Wildman–Crippen MR) is 58.0 cm³/mol. The molecule has 0 saturated carbocycles. The molecule has 0 aliphatic carbocycles. The van der Waals surface area contributed by atoms with Gasteiger partial charge in [0.25, 0.3) is 0 Å². The Labute approximate surface area is 85.0 Å². The highest BCUT2D eigenvalue weighted by atomic mass is 79.9. The number of ether oxygens (including phenoxy) is 1. The molecule has 0 unspecified atom stereocenters. The number of hydrogen-bond donors (Lipinski definition) is 0. The van der Waals surface area contributed by atoms with Crippen molar-refractivity contribution in [2.75, 3.05) is 18.5 Å². The maximum absolute atomic E-state index is 5.25. The zero-order valence-corrected chi connectivity index (χ0v) is 9.74. The average molecular weight is 237 g/mol. The summed E-state index contributed by atoms with van der Waals surface area (Å²) in [5.74, 6) is 0. The van der Waals surface area contributed by atoms with E-state index in [0.717, 1.165) is 18.5 Å². The Hall–Kier alpha value is 0.440. The van der Waals surface area contributed by atoms with Crippen molar-refractivity contribution in [3.8, 4) is 0 Å². The van der Waals surface area contributed by atoms with Gasteiger partial charge in [0.1, 0.15) is 0 Å². The minimum atomic E-state index is 0.865. The van der Waals surface area contributed by atoms with Crippen LogP contribution in [0.1, 0.15) is 45.4 Å². The molecule has 0 aromatic heterocycles. The highest BCUT2D eigenvalue weighted by Gasteiger charge is 1.90. The van der Waals surface area contributed by atoms with E-state index in [0.29, 0.717) is 0 Å². The van der Waals surface area contributed by atoms with Crippen LogP contribution in [0, 0.1) is 0 Å². The highest BCUT2D eigenvalue weighted by molar-refractivity contribution is 9.09. The monoisotopic (exact) mass is 236 g/mol.